The van der Waals surface area contributed by atoms with Gasteiger partial charge in [-0.2, -0.15) is 0 Å². The van der Waals surface area contributed by atoms with Crippen molar-refractivity contribution in [3.05, 3.63) is 29.3 Å². The molecular weight excluding hydrogens is 190 g/mol. The van der Waals surface area contributed by atoms with Crippen molar-refractivity contribution in [2.75, 3.05) is 13.2 Å². The minimum Gasteiger partial charge on any atom is -0.508 e. The van der Waals surface area contributed by atoms with Crippen molar-refractivity contribution < 1.29 is 9.84 Å². The highest BCUT2D eigenvalue weighted by atomic mass is 16.5. The highest BCUT2D eigenvalue weighted by Crippen LogP contribution is 2.26. The number of phenolic OH excluding ortho intramolecular Hbond substituents is 1. The van der Waals surface area contributed by atoms with Crippen LogP contribution >= 0.6 is 0 Å². The lowest BCUT2D eigenvalue weighted by Crippen LogP contribution is -2.02. The molecule has 0 spiro atoms. The monoisotopic (exact) mass is 205 g/mol. The van der Waals surface area contributed by atoms with Crippen LogP contribution in [0.2, 0.25) is 0 Å². The van der Waals surface area contributed by atoms with Crippen LogP contribution < -0.4 is 0 Å². The largest absolute Gasteiger partial charge is 0.508 e. The van der Waals surface area contributed by atoms with Gasteiger partial charge in [-0.3, -0.25) is 0 Å². The first-order valence-corrected chi connectivity index (χ1v) is 5.19. The normalized spacial score (nSPS) is 15.3. The van der Waals surface area contributed by atoms with Crippen molar-refractivity contribution in [1.82, 2.24) is 0 Å². The summed E-state index contributed by atoms with van der Waals surface area (Å²) in [5.41, 5.74) is 1.89. The first-order chi connectivity index (χ1) is 7.18. The average Bonchev–Trinajstić information content (AvgIpc) is 2.71. The number of aromatic hydroxyl groups is 1. The summed E-state index contributed by atoms with van der Waals surface area (Å²) in [7, 11) is 0. The minimum atomic E-state index is 0.298. The van der Waals surface area contributed by atoms with Gasteiger partial charge < -0.3 is 9.84 Å². The van der Waals surface area contributed by atoms with E-state index in [2.05, 4.69) is 18.8 Å². The van der Waals surface area contributed by atoms with Gasteiger partial charge in [0.15, 0.2) is 0 Å². The Morgan fingerprint density at radius 3 is 2.80 bits per heavy atom. The summed E-state index contributed by atoms with van der Waals surface area (Å²) in [6.45, 7) is 5.49. The number of hydrogen-bond donors (Lipinski definition) is 1. The molecular formula is C12H15NO2. The van der Waals surface area contributed by atoms with Crippen molar-refractivity contribution >= 4 is 5.90 Å². The maximum absolute atomic E-state index is 9.67. The fraction of sp³-hybridized carbons (Fsp3) is 0.417. The van der Waals surface area contributed by atoms with E-state index in [1.54, 1.807) is 6.07 Å². The number of aliphatic imine (C=N–C) groups is 1. The molecule has 3 heteroatoms. The van der Waals surface area contributed by atoms with Gasteiger partial charge in [-0.15, -0.1) is 0 Å². The van der Waals surface area contributed by atoms with E-state index in [-0.39, 0.29) is 0 Å². The van der Waals surface area contributed by atoms with Crippen molar-refractivity contribution in [2.45, 2.75) is 19.8 Å². The number of phenols is 1. The Labute approximate surface area is 89.4 Å². The Morgan fingerprint density at radius 2 is 2.20 bits per heavy atom. The SMILES string of the molecule is CC(C)c1cc(C2=NCCO2)ccc1O. The summed E-state index contributed by atoms with van der Waals surface area (Å²) in [4.78, 5) is 4.25. The molecule has 80 valence electrons. The van der Waals surface area contributed by atoms with Crippen molar-refractivity contribution in [3.8, 4) is 5.75 Å². The predicted octanol–water partition coefficient (Wildman–Crippen LogP) is 2.29. The van der Waals surface area contributed by atoms with E-state index in [9.17, 15) is 5.11 Å². The third-order valence-electron chi connectivity index (χ3n) is 2.48. The van der Waals surface area contributed by atoms with Crippen molar-refractivity contribution in [3.63, 3.8) is 0 Å². The third kappa shape index (κ3) is 1.96. The molecule has 0 atom stereocenters. The van der Waals surface area contributed by atoms with Gasteiger partial charge in [-0.1, -0.05) is 13.8 Å². The maximum Gasteiger partial charge on any atom is 0.216 e. The number of hydrogen-bond acceptors (Lipinski definition) is 3. The van der Waals surface area contributed by atoms with Gasteiger partial charge in [0.1, 0.15) is 12.4 Å². The van der Waals surface area contributed by atoms with Crippen LogP contribution in [-0.4, -0.2) is 24.2 Å². The molecule has 1 aliphatic heterocycles. The first-order valence-electron chi connectivity index (χ1n) is 5.19. The van der Waals surface area contributed by atoms with Crippen LogP contribution in [0.4, 0.5) is 0 Å². The van der Waals surface area contributed by atoms with Crippen LogP contribution in [0.3, 0.4) is 0 Å². The smallest absolute Gasteiger partial charge is 0.216 e. The van der Waals surface area contributed by atoms with Crippen LogP contribution in [0, 0.1) is 0 Å². The molecule has 0 saturated heterocycles. The molecule has 1 aromatic carbocycles. The number of nitrogens with zero attached hydrogens (tertiary/aromatic N) is 1. The molecule has 0 aliphatic carbocycles. The Hall–Kier alpha value is -1.51. The molecule has 0 aromatic heterocycles. The van der Waals surface area contributed by atoms with Gasteiger partial charge in [-0.05, 0) is 29.7 Å². The van der Waals surface area contributed by atoms with E-state index in [0.717, 1.165) is 17.7 Å². The molecule has 0 saturated carbocycles. The molecule has 3 nitrogen and oxygen atoms in total. The van der Waals surface area contributed by atoms with Crippen LogP contribution in [0.25, 0.3) is 0 Å². The van der Waals surface area contributed by atoms with Gasteiger partial charge in [0.25, 0.3) is 0 Å². The topological polar surface area (TPSA) is 41.8 Å². The molecule has 1 heterocycles. The second kappa shape index (κ2) is 3.93. The summed E-state index contributed by atoms with van der Waals surface area (Å²) in [6, 6.07) is 5.49. The van der Waals surface area contributed by atoms with Crippen LogP contribution in [0.5, 0.6) is 5.75 Å². The third-order valence-corrected chi connectivity index (χ3v) is 2.48. The Balaban J connectivity index is 2.38. The van der Waals surface area contributed by atoms with Gasteiger partial charge in [0.05, 0.1) is 6.54 Å². The van der Waals surface area contributed by atoms with Crippen LogP contribution in [0.15, 0.2) is 23.2 Å². The van der Waals surface area contributed by atoms with E-state index in [0.29, 0.717) is 24.2 Å². The summed E-state index contributed by atoms with van der Waals surface area (Å²) in [5.74, 6) is 1.33. The average molecular weight is 205 g/mol. The fourth-order valence-corrected chi connectivity index (χ4v) is 1.66. The standard InChI is InChI=1S/C12H15NO2/c1-8(2)10-7-9(3-4-11(10)14)12-13-5-6-15-12/h3-4,7-8,14H,5-6H2,1-2H3. The zero-order valence-electron chi connectivity index (χ0n) is 9.03. The Kier molecular flexibility index (Phi) is 2.62. The molecule has 1 aliphatic rings. The van der Waals surface area contributed by atoms with E-state index >= 15 is 0 Å². The summed E-state index contributed by atoms with van der Waals surface area (Å²) >= 11 is 0. The summed E-state index contributed by atoms with van der Waals surface area (Å²) in [5, 5.41) is 9.67. The maximum atomic E-state index is 9.67. The number of rotatable bonds is 2. The molecule has 15 heavy (non-hydrogen) atoms. The molecule has 0 radical (unpaired) electrons. The van der Waals surface area contributed by atoms with Crippen LogP contribution in [-0.2, 0) is 4.74 Å². The quantitative estimate of drug-likeness (QED) is 0.804. The van der Waals surface area contributed by atoms with E-state index in [1.807, 2.05) is 12.1 Å². The highest BCUT2D eigenvalue weighted by molar-refractivity contribution is 5.95. The highest BCUT2D eigenvalue weighted by Gasteiger charge is 2.13. The van der Waals surface area contributed by atoms with Gasteiger partial charge in [0.2, 0.25) is 5.90 Å². The lowest BCUT2D eigenvalue weighted by molar-refractivity contribution is 0.348. The van der Waals surface area contributed by atoms with Crippen LogP contribution in [0.1, 0.15) is 30.9 Å². The second-order valence-electron chi connectivity index (χ2n) is 3.96. The lowest BCUT2D eigenvalue weighted by Gasteiger charge is -2.10. The lowest BCUT2D eigenvalue weighted by atomic mass is 9.99. The number of benzene rings is 1. The molecule has 0 unspecified atom stereocenters. The zero-order chi connectivity index (χ0) is 10.8. The summed E-state index contributed by atoms with van der Waals surface area (Å²) < 4.78 is 5.38. The Morgan fingerprint density at radius 1 is 1.40 bits per heavy atom. The summed E-state index contributed by atoms with van der Waals surface area (Å²) in [6.07, 6.45) is 0. The van der Waals surface area contributed by atoms with Gasteiger partial charge in [0, 0.05) is 5.56 Å². The van der Waals surface area contributed by atoms with Crippen molar-refractivity contribution in [1.29, 1.82) is 0 Å². The van der Waals surface area contributed by atoms with E-state index < -0.39 is 0 Å². The molecule has 0 amide bonds. The first kappa shape index (κ1) is 10.0. The number of ether oxygens (including phenoxy) is 1. The predicted molar refractivity (Wildman–Crippen MR) is 59.6 cm³/mol. The van der Waals surface area contributed by atoms with Gasteiger partial charge >= 0.3 is 0 Å². The van der Waals surface area contributed by atoms with Crippen molar-refractivity contribution in [2.24, 2.45) is 4.99 Å². The molecule has 1 N–H and O–H groups in total. The second-order valence-corrected chi connectivity index (χ2v) is 3.96. The van der Waals surface area contributed by atoms with Gasteiger partial charge in [-0.25, -0.2) is 4.99 Å². The fourth-order valence-electron chi connectivity index (χ4n) is 1.66. The zero-order valence-corrected chi connectivity index (χ0v) is 9.03. The molecule has 0 bridgehead atoms. The Bertz CT molecular complexity index is 397. The minimum absolute atomic E-state index is 0.298. The van der Waals surface area contributed by atoms with E-state index in [1.165, 1.54) is 0 Å². The van der Waals surface area contributed by atoms with E-state index in [4.69, 9.17) is 4.74 Å². The molecule has 1 aromatic rings. The molecule has 0 fully saturated rings. The molecule has 2 rings (SSSR count).